The number of hydrogen-bond acceptors (Lipinski definition) is 5. The molecule has 0 saturated carbocycles. The van der Waals surface area contributed by atoms with E-state index in [1.165, 1.54) is 0 Å². The lowest BCUT2D eigenvalue weighted by Crippen LogP contribution is -2.01. The zero-order valence-electron chi connectivity index (χ0n) is 15.1. The van der Waals surface area contributed by atoms with Crippen LogP contribution in [-0.2, 0) is 12.3 Å². The van der Waals surface area contributed by atoms with Gasteiger partial charge in [-0.25, -0.2) is 0 Å². The third-order valence-electron chi connectivity index (χ3n) is 4.11. The maximum absolute atomic E-state index is 11.7. The SMILES string of the molecule is CCn1c(SCc2cc(C(C)=O)ccc2OC)nnc1-c1ccccc1. The fourth-order valence-corrected chi connectivity index (χ4v) is 3.71. The molecule has 2 aromatic carbocycles. The Morgan fingerprint density at radius 1 is 1.15 bits per heavy atom. The van der Waals surface area contributed by atoms with E-state index in [0.717, 1.165) is 34.4 Å². The van der Waals surface area contributed by atoms with Crippen LogP contribution in [0.3, 0.4) is 0 Å². The summed E-state index contributed by atoms with van der Waals surface area (Å²) in [6.07, 6.45) is 0. The Morgan fingerprint density at radius 3 is 2.58 bits per heavy atom. The molecule has 0 aliphatic rings. The smallest absolute Gasteiger partial charge is 0.191 e. The molecule has 3 rings (SSSR count). The molecule has 0 aliphatic heterocycles. The van der Waals surface area contributed by atoms with E-state index in [2.05, 4.69) is 21.7 Å². The normalized spacial score (nSPS) is 10.7. The first kappa shape index (κ1) is 18.2. The number of ether oxygens (including phenoxy) is 1. The Balaban J connectivity index is 1.86. The van der Waals surface area contributed by atoms with Gasteiger partial charge in [0.05, 0.1) is 7.11 Å². The number of carbonyl (C=O) groups is 1. The van der Waals surface area contributed by atoms with E-state index in [4.69, 9.17) is 4.74 Å². The molecule has 0 aliphatic carbocycles. The molecule has 0 atom stereocenters. The minimum absolute atomic E-state index is 0.0435. The van der Waals surface area contributed by atoms with E-state index in [1.54, 1.807) is 31.9 Å². The molecule has 0 amide bonds. The largest absolute Gasteiger partial charge is 0.496 e. The highest BCUT2D eigenvalue weighted by Gasteiger charge is 2.14. The molecule has 0 radical (unpaired) electrons. The molecule has 134 valence electrons. The Labute approximate surface area is 157 Å². The van der Waals surface area contributed by atoms with Gasteiger partial charge >= 0.3 is 0 Å². The third kappa shape index (κ3) is 3.80. The van der Waals surface area contributed by atoms with Crippen molar-refractivity contribution in [1.29, 1.82) is 0 Å². The predicted molar refractivity (Wildman–Crippen MR) is 104 cm³/mol. The fourth-order valence-electron chi connectivity index (χ4n) is 2.73. The minimum atomic E-state index is 0.0435. The standard InChI is InChI=1S/C20H21N3O2S/c1-4-23-19(15-8-6-5-7-9-15)21-22-20(23)26-13-17-12-16(14(2)24)10-11-18(17)25-3/h5-12H,4,13H2,1-3H3. The van der Waals surface area contributed by atoms with Crippen molar-refractivity contribution >= 4 is 17.5 Å². The molecule has 0 bridgehead atoms. The van der Waals surface area contributed by atoms with Crippen LogP contribution < -0.4 is 4.74 Å². The summed E-state index contributed by atoms with van der Waals surface area (Å²) in [4.78, 5) is 11.7. The molecule has 5 nitrogen and oxygen atoms in total. The molecule has 1 aromatic heterocycles. The number of Topliss-reactive ketones (excluding diaryl/α,β-unsaturated/α-hetero) is 1. The molecular weight excluding hydrogens is 346 g/mol. The van der Waals surface area contributed by atoms with Crippen molar-refractivity contribution in [2.24, 2.45) is 0 Å². The van der Waals surface area contributed by atoms with Crippen molar-refractivity contribution in [2.45, 2.75) is 31.3 Å². The molecule has 0 saturated heterocycles. The molecule has 6 heteroatoms. The first-order chi connectivity index (χ1) is 12.6. The van der Waals surface area contributed by atoms with Crippen LogP contribution in [0.5, 0.6) is 5.75 Å². The first-order valence-corrected chi connectivity index (χ1v) is 9.41. The summed E-state index contributed by atoms with van der Waals surface area (Å²) in [5.74, 6) is 2.33. The van der Waals surface area contributed by atoms with Gasteiger partial charge in [0.15, 0.2) is 16.8 Å². The maximum Gasteiger partial charge on any atom is 0.191 e. The summed E-state index contributed by atoms with van der Waals surface area (Å²) in [5.41, 5.74) is 2.70. The van der Waals surface area contributed by atoms with Crippen molar-refractivity contribution in [1.82, 2.24) is 14.8 Å². The number of ketones is 1. The van der Waals surface area contributed by atoms with Crippen molar-refractivity contribution < 1.29 is 9.53 Å². The van der Waals surface area contributed by atoms with E-state index in [-0.39, 0.29) is 5.78 Å². The van der Waals surface area contributed by atoms with Crippen molar-refractivity contribution in [2.75, 3.05) is 7.11 Å². The van der Waals surface area contributed by atoms with Gasteiger partial charge in [-0.2, -0.15) is 0 Å². The number of aromatic nitrogens is 3. The molecule has 3 aromatic rings. The van der Waals surface area contributed by atoms with Gasteiger partial charge in [0.25, 0.3) is 0 Å². The number of hydrogen-bond donors (Lipinski definition) is 0. The molecule has 1 heterocycles. The summed E-state index contributed by atoms with van der Waals surface area (Å²) in [6, 6.07) is 15.6. The van der Waals surface area contributed by atoms with Gasteiger partial charge in [0.1, 0.15) is 5.75 Å². The Hall–Kier alpha value is -2.60. The fraction of sp³-hybridized carbons (Fsp3) is 0.250. The zero-order chi connectivity index (χ0) is 18.5. The maximum atomic E-state index is 11.7. The van der Waals surface area contributed by atoms with Crippen LogP contribution >= 0.6 is 11.8 Å². The van der Waals surface area contributed by atoms with Crippen molar-refractivity contribution in [3.8, 4) is 17.1 Å². The van der Waals surface area contributed by atoms with E-state index < -0.39 is 0 Å². The second kappa shape index (κ2) is 8.19. The lowest BCUT2D eigenvalue weighted by molar-refractivity contribution is 0.101. The molecule has 26 heavy (non-hydrogen) atoms. The van der Waals surface area contributed by atoms with Crippen LogP contribution in [0.15, 0.2) is 53.7 Å². The predicted octanol–water partition coefficient (Wildman–Crippen LogP) is 4.47. The molecule has 0 N–H and O–H groups in total. The number of rotatable bonds is 7. The van der Waals surface area contributed by atoms with E-state index >= 15 is 0 Å². The highest BCUT2D eigenvalue weighted by Crippen LogP contribution is 2.30. The molecule has 0 fully saturated rings. The number of nitrogens with zero attached hydrogens (tertiary/aromatic N) is 3. The monoisotopic (exact) mass is 367 g/mol. The van der Waals surface area contributed by atoms with Gasteiger partial charge in [0.2, 0.25) is 0 Å². The van der Waals surface area contributed by atoms with Crippen LogP contribution in [-0.4, -0.2) is 27.7 Å². The van der Waals surface area contributed by atoms with Crippen LogP contribution in [0.2, 0.25) is 0 Å². The van der Waals surface area contributed by atoms with E-state index in [1.807, 2.05) is 42.5 Å². The number of carbonyl (C=O) groups excluding carboxylic acids is 1. The lowest BCUT2D eigenvalue weighted by atomic mass is 10.1. The zero-order valence-corrected chi connectivity index (χ0v) is 15.9. The van der Waals surface area contributed by atoms with Crippen LogP contribution in [0, 0.1) is 0 Å². The number of methoxy groups -OCH3 is 1. The highest BCUT2D eigenvalue weighted by molar-refractivity contribution is 7.98. The number of thioether (sulfide) groups is 1. The second-order valence-corrected chi connectivity index (χ2v) is 6.73. The van der Waals surface area contributed by atoms with Crippen LogP contribution in [0.25, 0.3) is 11.4 Å². The van der Waals surface area contributed by atoms with Crippen molar-refractivity contribution in [3.63, 3.8) is 0 Å². The first-order valence-electron chi connectivity index (χ1n) is 8.43. The summed E-state index contributed by atoms with van der Waals surface area (Å²) in [5, 5.41) is 9.57. The highest BCUT2D eigenvalue weighted by atomic mass is 32.2. The average Bonchev–Trinajstić information content (AvgIpc) is 3.09. The van der Waals surface area contributed by atoms with Crippen LogP contribution in [0.4, 0.5) is 0 Å². The third-order valence-corrected chi connectivity index (χ3v) is 5.12. The lowest BCUT2D eigenvalue weighted by Gasteiger charge is -2.10. The van der Waals surface area contributed by atoms with Gasteiger partial charge < -0.3 is 9.30 Å². The van der Waals surface area contributed by atoms with E-state index in [9.17, 15) is 4.79 Å². The van der Waals surface area contributed by atoms with E-state index in [0.29, 0.717) is 11.3 Å². The van der Waals surface area contributed by atoms with Gasteiger partial charge in [-0.05, 0) is 32.0 Å². The number of benzene rings is 2. The van der Waals surface area contributed by atoms with Gasteiger partial charge in [-0.1, -0.05) is 42.1 Å². The minimum Gasteiger partial charge on any atom is -0.496 e. The van der Waals surface area contributed by atoms with Crippen molar-refractivity contribution in [3.05, 3.63) is 59.7 Å². The van der Waals surface area contributed by atoms with Gasteiger partial charge in [-0.15, -0.1) is 10.2 Å². The van der Waals surface area contributed by atoms with Gasteiger partial charge in [-0.3, -0.25) is 4.79 Å². The summed E-state index contributed by atoms with van der Waals surface area (Å²) < 4.78 is 7.53. The van der Waals surface area contributed by atoms with Gasteiger partial charge in [0, 0.05) is 29.0 Å². The molecular formula is C20H21N3O2S. The Kier molecular flexibility index (Phi) is 5.73. The quantitative estimate of drug-likeness (QED) is 0.455. The molecule has 0 spiro atoms. The average molecular weight is 367 g/mol. The second-order valence-electron chi connectivity index (χ2n) is 5.79. The van der Waals surface area contributed by atoms with Crippen LogP contribution in [0.1, 0.15) is 29.8 Å². The summed E-state index contributed by atoms with van der Waals surface area (Å²) >= 11 is 1.59. The summed E-state index contributed by atoms with van der Waals surface area (Å²) in [6.45, 7) is 4.43. The Bertz CT molecular complexity index is 907. The Morgan fingerprint density at radius 2 is 1.92 bits per heavy atom. The topological polar surface area (TPSA) is 57.0 Å². The summed E-state index contributed by atoms with van der Waals surface area (Å²) in [7, 11) is 1.64. The molecule has 0 unspecified atom stereocenters.